The standard InChI is InChI=1S/C27H29FN2O2/c1-19(2)30(26-13-11-25(28)12-14-26)16-21-5-9-23(10-6-21)22-7-3-20(4-8-22)15-29-17-24(18-29)27(31)32/h3-14,19,24H,15-18H2,1-2H3,(H,31,32). The number of anilines is 1. The Labute approximate surface area is 188 Å². The fraction of sp³-hybridized carbons (Fsp3) is 0.296. The fourth-order valence-electron chi connectivity index (χ4n) is 4.12. The van der Waals surface area contributed by atoms with Crippen molar-refractivity contribution in [2.24, 2.45) is 5.92 Å². The molecule has 0 bridgehead atoms. The number of hydrogen-bond acceptors (Lipinski definition) is 3. The summed E-state index contributed by atoms with van der Waals surface area (Å²) in [4.78, 5) is 15.4. The monoisotopic (exact) mass is 432 g/mol. The average Bonchev–Trinajstić information content (AvgIpc) is 2.75. The topological polar surface area (TPSA) is 43.8 Å². The van der Waals surface area contributed by atoms with E-state index in [2.05, 4.69) is 72.2 Å². The summed E-state index contributed by atoms with van der Waals surface area (Å²) in [6.45, 7) is 7.09. The molecule has 0 saturated carbocycles. The molecule has 1 N–H and O–H groups in total. The lowest BCUT2D eigenvalue weighted by molar-refractivity contribution is -0.147. The van der Waals surface area contributed by atoms with Crippen molar-refractivity contribution in [3.8, 4) is 11.1 Å². The van der Waals surface area contributed by atoms with Gasteiger partial charge in [0.15, 0.2) is 0 Å². The summed E-state index contributed by atoms with van der Waals surface area (Å²) < 4.78 is 13.3. The zero-order valence-corrected chi connectivity index (χ0v) is 18.5. The minimum Gasteiger partial charge on any atom is -0.481 e. The molecule has 1 saturated heterocycles. The van der Waals surface area contributed by atoms with Crippen LogP contribution in [0.5, 0.6) is 0 Å². The van der Waals surface area contributed by atoms with Gasteiger partial charge in [0.05, 0.1) is 5.92 Å². The second kappa shape index (κ2) is 9.53. The summed E-state index contributed by atoms with van der Waals surface area (Å²) in [7, 11) is 0. The third-order valence-corrected chi connectivity index (χ3v) is 6.09. The molecule has 32 heavy (non-hydrogen) atoms. The highest BCUT2D eigenvalue weighted by Crippen LogP contribution is 2.25. The van der Waals surface area contributed by atoms with E-state index >= 15 is 0 Å². The van der Waals surface area contributed by atoms with E-state index in [1.54, 1.807) is 0 Å². The van der Waals surface area contributed by atoms with Gasteiger partial charge in [0, 0.05) is 37.9 Å². The molecule has 1 aliphatic heterocycles. The maximum atomic E-state index is 13.3. The van der Waals surface area contributed by atoms with Crippen LogP contribution in [-0.2, 0) is 17.9 Å². The van der Waals surface area contributed by atoms with Crippen LogP contribution in [0.1, 0.15) is 25.0 Å². The van der Waals surface area contributed by atoms with E-state index in [1.165, 1.54) is 23.3 Å². The number of carbonyl (C=O) groups is 1. The van der Waals surface area contributed by atoms with Gasteiger partial charge in [0.25, 0.3) is 0 Å². The van der Waals surface area contributed by atoms with E-state index in [4.69, 9.17) is 5.11 Å². The molecule has 3 aromatic rings. The minimum atomic E-state index is -0.700. The van der Waals surface area contributed by atoms with Crippen molar-refractivity contribution in [3.05, 3.63) is 89.7 Å². The van der Waals surface area contributed by atoms with Gasteiger partial charge < -0.3 is 10.0 Å². The third kappa shape index (κ3) is 5.17. The number of hydrogen-bond donors (Lipinski definition) is 1. The van der Waals surface area contributed by atoms with Gasteiger partial charge in [0.2, 0.25) is 0 Å². The normalized spacial score (nSPS) is 14.4. The molecule has 4 rings (SSSR count). The van der Waals surface area contributed by atoms with E-state index < -0.39 is 5.97 Å². The highest BCUT2D eigenvalue weighted by atomic mass is 19.1. The van der Waals surface area contributed by atoms with E-state index in [-0.39, 0.29) is 11.7 Å². The second-order valence-electron chi connectivity index (χ2n) is 8.82. The van der Waals surface area contributed by atoms with Crippen molar-refractivity contribution in [1.29, 1.82) is 0 Å². The number of halogens is 1. The van der Waals surface area contributed by atoms with Crippen LogP contribution in [0.2, 0.25) is 0 Å². The number of carboxylic acids is 1. The van der Waals surface area contributed by atoms with Gasteiger partial charge in [0.1, 0.15) is 5.82 Å². The Morgan fingerprint density at radius 3 is 1.97 bits per heavy atom. The van der Waals surface area contributed by atoms with Crippen molar-refractivity contribution >= 4 is 11.7 Å². The first kappa shape index (κ1) is 22.0. The Kier molecular flexibility index (Phi) is 6.56. The maximum Gasteiger partial charge on any atom is 0.309 e. The summed E-state index contributed by atoms with van der Waals surface area (Å²) in [5.41, 5.74) is 5.73. The number of nitrogens with zero attached hydrogens (tertiary/aromatic N) is 2. The summed E-state index contributed by atoms with van der Waals surface area (Å²) in [5.74, 6) is -1.14. The average molecular weight is 433 g/mol. The van der Waals surface area contributed by atoms with Crippen molar-refractivity contribution in [2.75, 3.05) is 18.0 Å². The molecule has 5 heteroatoms. The number of benzene rings is 3. The Hall–Kier alpha value is -3.18. The van der Waals surface area contributed by atoms with Gasteiger partial charge in [-0.1, -0.05) is 48.5 Å². The molecule has 0 amide bonds. The summed E-state index contributed by atoms with van der Waals surface area (Å²) in [5, 5.41) is 9.00. The lowest BCUT2D eigenvalue weighted by Gasteiger charge is -2.36. The van der Waals surface area contributed by atoms with E-state index in [0.29, 0.717) is 19.1 Å². The van der Waals surface area contributed by atoms with E-state index in [1.807, 2.05) is 12.1 Å². The fourth-order valence-corrected chi connectivity index (χ4v) is 4.12. The number of aliphatic carboxylic acids is 1. The zero-order valence-electron chi connectivity index (χ0n) is 18.5. The van der Waals surface area contributed by atoms with Gasteiger partial charge in [-0.25, -0.2) is 4.39 Å². The van der Waals surface area contributed by atoms with Crippen molar-refractivity contribution in [2.45, 2.75) is 33.0 Å². The Morgan fingerprint density at radius 1 is 0.938 bits per heavy atom. The lowest BCUT2D eigenvalue weighted by atomic mass is 9.98. The molecule has 4 nitrogen and oxygen atoms in total. The molecule has 0 radical (unpaired) electrons. The van der Waals surface area contributed by atoms with Gasteiger partial charge >= 0.3 is 5.97 Å². The van der Waals surface area contributed by atoms with Crippen LogP contribution in [0.4, 0.5) is 10.1 Å². The first-order valence-electron chi connectivity index (χ1n) is 11.0. The zero-order chi connectivity index (χ0) is 22.7. The Bertz CT molecular complexity index is 1040. The predicted octanol–water partition coefficient (Wildman–Crippen LogP) is 5.42. The lowest BCUT2D eigenvalue weighted by Crippen LogP contribution is -2.49. The first-order valence-corrected chi connectivity index (χ1v) is 11.0. The molecule has 0 spiro atoms. The van der Waals surface area contributed by atoms with Crippen LogP contribution >= 0.6 is 0 Å². The molecule has 0 unspecified atom stereocenters. The van der Waals surface area contributed by atoms with E-state index in [9.17, 15) is 9.18 Å². The van der Waals surface area contributed by atoms with Crippen LogP contribution in [0.25, 0.3) is 11.1 Å². The van der Waals surface area contributed by atoms with Gasteiger partial charge in [-0.3, -0.25) is 9.69 Å². The van der Waals surface area contributed by atoms with Crippen LogP contribution in [0, 0.1) is 11.7 Å². The van der Waals surface area contributed by atoms with Gasteiger partial charge in [-0.2, -0.15) is 0 Å². The second-order valence-corrected chi connectivity index (χ2v) is 8.82. The van der Waals surface area contributed by atoms with Crippen LogP contribution < -0.4 is 4.90 Å². The number of likely N-dealkylation sites (tertiary alicyclic amines) is 1. The molecule has 0 aromatic heterocycles. The minimum absolute atomic E-state index is 0.220. The number of rotatable bonds is 8. The molecular formula is C27H29FN2O2. The maximum absolute atomic E-state index is 13.3. The summed E-state index contributed by atoms with van der Waals surface area (Å²) in [6.07, 6.45) is 0. The van der Waals surface area contributed by atoms with Crippen LogP contribution in [-0.4, -0.2) is 35.1 Å². The molecular weight excluding hydrogens is 403 g/mol. The highest BCUT2D eigenvalue weighted by Gasteiger charge is 2.32. The predicted molar refractivity (Wildman–Crippen MR) is 126 cm³/mol. The Balaban J connectivity index is 1.38. The number of carboxylic acid groups (broad SMARTS) is 1. The van der Waals surface area contributed by atoms with Crippen molar-refractivity contribution in [1.82, 2.24) is 4.90 Å². The smallest absolute Gasteiger partial charge is 0.309 e. The third-order valence-electron chi connectivity index (χ3n) is 6.09. The summed E-state index contributed by atoms with van der Waals surface area (Å²) >= 11 is 0. The van der Waals surface area contributed by atoms with Gasteiger partial charge in [-0.15, -0.1) is 0 Å². The van der Waals surface area contributed by atoms with Gasteiger partial charge in [-0.05, 0) is 60.4 Å². The molecule has 1 heterocycles. The molecule has 1 aliphatic rings. The molecule has 166 valence electrons. The molecule has 3 aromatic carbocycles. The quantitative estimate of drug-likeness (QED) is 0.516. The SMILES string of the molecule is CC(C)N(Cc1ccc(-c2ccc(CN3CC(C(=O)O)C3)cc2)cc1)c1ccc(F)cc1. The van der Waals surface area contributed by atoms with Crippen molar-refractivity contribution < 1.29 is 14.3 Å². The van der Waals surface area contributed by atoms with E-state index in [0.717, 1.165) is 29.9 Å². The highest BCUT2D eigenvalue weighted by molar-refractivity contribution is 5.71. The van der Waals surface area contributed by atoms with Crippen LogP contribution in [0.3, 0.4) is 0 Å². The summed E-state index contributed by atoms with van der Waals surface area (Å²) in [6, 6.07) is 24.0. The first-order chi connectivity index (χ1) is 15.4. The molecule has 0 aliphatic carbocycles. The largest absolute Gasteiger partial charge is 0.481 e. The Morgan fingerprint density at radius 2 is 1.47 bits per heavy atom. The van der Waals surface area contributed by atoms with Crippen molar-refractivity contribution in [3.63, 3.8) is 0 Å². The van der Waals surface area contributed by atoms with Crippen LogP contribution in [0.15, 0.2) is 72.8 Å². The molecule has 1 fully saturated rings. The molecule has 0 atom stereocenters.